The van der Waals surface area contributed by atoms with Crippen LogP contribution in [-0.4, -0.2) is 52.3 Å². The van der Waals surface area contributed by atoms with Crippen LogP contribution in [0, 0.1) is 5.92 Å². The third-order valence-corrected chi connectivity index (χ3v) is 4.29. The molecule has 3 rings (SSSR count). The van der Waals surface area contributed by atoms with Crippen LogP contribution in [0.3, 0.4) is 0 Å². The molecule has 3 heterocycles. The summed E-state index contributed by atoms with van der Waals surface area (Å²) >= 11 is 6.05. The van der Waals surface area contributed by atoms with Crippen molar-refractivity contribution in [1.29, 1.82) is 0 Å². The van der Waals surface area contributed by atoms with Gasteiger partial charge < -0.3 is 14.9 Å². The first-order valence-electron chi connectivity index (χ1n) is 7.23. The Morgan fingerprint density at radius 2 is 1.70 bits per heavy atom. The molecule has 6 nitrogen and oxygen atoms in total. The topological polar surface area (TPSA) is 65.4 Å². The highest BCUT2D eigenvalue weighted by atomic mass is 35.5. The predicted molar refractivity (Wildman–Crippen MR) is 78.3 cm³/mol. The molecule has 7 heteroatoms. The minimum atomic E-state index is -0.235. The van der Waals surface area contributed by atoms with Crippen molar-refractivity contribution >= 4 is 23.5 Å². The van der Waals surface area contributed by atoms with Crippen molar-refractivity contribution in [2.45, 2.75) is 32.3 Å². The largest absolute Gasteiger partial charge is 0.393 e. The Hall–Kier alpha value is -1.14. The van der Waals surface area contributed by atoms with Gasteiger partial charge in [-0.25, -0.2) is 0 Å². The van der Waals surface area contributed by atoms with E-state index in [0.717, 1.165) is 32.6 Å². The number of rotatable bonds is 2. The fourth-order valence-corrected chi connectivity index (χ4v) is 3.00. The summed E-state index contributed by atoms with van der Waals surface area (Å²) in [4.78, 5) is 17.3. The third kappa shape index (κ3) is 2.81. The molecule has 0 radical (unpaired) electrons. The molecule has 1 N–H and O–H groups in total. The molecule has 1 aromatic rings. The van der Waals surface area contributed by atoms with E-state index in [0.29, 0.717) is 11.9 Å². The lowest BCUT2D eigenvalue weighted by molar-refractivity contribution is 0.0966. The third-order valence-electron chi connectivity index (χ3n) is 4.12. The van der Waals surface area contributed by atoms with E-state index in [1.54, 1.807) is 0 Å². The number of hydrogen-bond donors (Lipinski definition) is 1. The van der Waals surface area contributed by atoms with Crippen molar-refractivity contribution in [2.75, 3.05) is 36.0 Å². The molecular formula is C13H20ClN5O. The van der Waals surface area contributed by atoms with Gasteiger partial charge in [-0.2, -0.15) is 15.0 Å². The number of aliphatic hydroxyl groups excluding tert-OH is 1. The summed E-state index contributed by atoms with van der Waals surface area (Å²) in [5, 5.41) is 10.1. The maximum atomic E-state index is 9.81. The average molecular weight is 298 g/mol. The Kier molecular flexibility index (Phi) is 3.94. The molecule has 0 spiro atoms. The van der Waals surface area contributed by atoms with Crippen LogP contribution in [0.1, 0.15) is 26.2 Å². The SMILES string of the molecule is CC1CN(c2nc(Cl)nc(N3CCCC3)n2)CCC1O. The maximum Gasteiger partial charge on any atom is 0.231 e. The van der Waals surface area contributed by atoms with Crippen molar-refractivity contribution in [3.8, 4) is 0 Å². The van der Waals surface area contributed by atoms with Gasteiger partial charge in [0.2, 0.25) is 17.2 Å². The first-order valence-corrected chi connectivity index (χ1v) is 7.61. The molecule has 0 aromatic carbocycles. The summed E-state index contributed by atoms with van der Waals surface area (Å²) in [5.41, 5.74) is 0. The van der Waals surface area contributed by atoms with E-state index in [2.05, 4.69) is 24.8 Å². The van der Waals surface area contributed by atoms with E-state index in [9.17, 15) is 5.11 Å². The summed E-state index contributed by atoms with van der Waals surface area (Å²) in [5.74, 6) is 1.52. The quantitative estimate of drug-likeness (QED) is 0.888. The van der Waals surface area contributed by atoms with Gasteiger partial charge in [0, 0.05) is 26.2 Å². The molecule has 0 saturated carbocycles. The lowest BCUT2D eigenvalue weighted by Gasteiger charge is -2.34. The zero-order valence-electron chi connectivity index (χ0n) is 11.7. The van der Waals surface area contributed by atoms with Gasteiger partial charge in [0.1, 0.15) is 0 Å². The van der Waals surface area contributed by atoms with E-state index >= 15 is 0 Å². The molecule has 2 saturated heterocycles. The Labute approximate surface area is 123 Å². The predicted octanol–water partition coefficient (Wildman–Crippen LogP) is 1.33. The Balaban J connectivity index is 1.82. The van der Waals surface area contributed by atoms with Crippen molar-refractivity contribution in [2.24, 2.45) is 5.92 Å². The number of aliphatic hydroxyl groups is 1. The highest BCUT2D eigenvalue weighted by molar-refractivity contribution is 6.28. The van der Waals surface area contributed by atoms with Crippen LogP contribution < -0.4 is 9.80 Å². The summed E-state index contributed by atoms with van der Waals surface area (Å²) in [6.07, 6.45) is 2.85. The van der Waals surface area contributed by atoms with Crippen molar-refractivity contribution in [3.05, 3.63) is 5.28 Å². The summed E-state index contributed by atoms with van der Waals surface area (Å²) < 4.78 is 0. The van der Waals surface area contributed by atoms with E-state index < -0.39 is 0 Å². The zero-order chi connectivity index (χ0) is 14.1. The van der Waals surface area contributed by atoms with Crippen LogP contribution in [0.15, 0.2) is 0 Å². The Morgan fingerprint density at radius 1 is 1.05 bits per heavy atom. The average Bonchev–Trinajstić information content (AvgIpc) is 2.95. The monoisotopic (exact) mass is 297 g/mol. The van der Waals surface area contributed by atoms with Crippen molar-refractivity contribution in [1.82, 2.24) is 15.0 Å². The smallest absolute Gasteiger partial charge is 0.231 e. The molecule has 2 atom stereocenters. The second-order valence-electron chi connectivity index (χ2n) is 5.68. The molecule has 110 valence electrons. The van der Waals surface area contributed by atoms with Crippen LogP contribution in [0.4, 0.5) is 11.9 Å². The normalized spacial score (nSPS) is 27.1. The second-order valence-corrected chi connectivity index (χ2v) is 6.02. The summed E-state index contributed by atoms with van der Waals surface area (Å²) in [6.45, 7) is 5.51. The van der Waals surface area contributed by atoms with Crippen LogP contribution in [0.25, 0.3) is 0 Å². The molecule has 2 unspecified atom stereocenters. The fraction of sp³-hybridized carbons (Fsp3) is 0.769. The standard InChI is InChI=1S/C13H20ClN5O/c1-9-8-19(7-4-10(9)20)13-16-11(14)15-12(17-13)18-5-2-3-6-18/h9-10,20H,2-8H2,1H3. The molecule has 0 amide bonds. The number of hydrogen-bond acceptors (Lipinski definition) is 6. The minimum absolute atomic E-state index is 0.217. The Morgan fingerprint density at radius 3 is 2.35 bits per heavy atom. The van der Waals surface area contributed by atoms with E-state index in [1.165, 1.54) is 12.8 Å². The van der Waals surface area contributed by atoms with Crippen molar-refractivity contribution in [3.63, 3.8) is 0 Å². The van der Waals surface area contributed by atoms with Crippen LogP contribution in [0.2, 0.25) is 5.28 Å². The maximum absolute atomic E-state index is 9.81. The van der Waals surface area contributed by atoms with Gasteiger partial charge in [-0.3, -0.25) is 0 Å². The van der Waals surface area contributed by atoms with Gasteiger partial charge in [-0.1, -0.05) is 6.92 Å². The summed E-state index contributed by atoms with van der Waals surface area (Å²) in [6, 6.07) is 0. The fourth-order valence-electron chi connectivity index (χ4n) is 2.84. The molecule has 2 aliphatic rings. The molecule has 1 aromatic heterocycles. The molecule has 2 aliphatic heterocycles. The lowest BCUT2D eigenvalue weighted by Crippen LogP contribution is -2.43. The number of aromatic nitrogens is 3. The number of piperidine rings is 1. The van der Waals surface area contributed by atoms with Gasteiger partial charge in [-0.05, 0) is 36.8 Å². The van der Waals surface area contributed by atoms with Crippen LogP contribution >= 0.6 is 11.6 Å². The van der Waals surface area contributed by atoms with Gasteiger partial charge in [0.05, 0.1) is 6.10 Å². The highest BCUT2D eigenvalue weighted by Gasteiger charge is 2.27. The molecular weight excluding hydrogens is 278 g/mol. The molecule has 2 fully saturated rings. The molecule has 0 aliphatic carbocycles. The van der Waals surface area contributed by atoms with E-state index in [-0.39, 0.29) is 17.3 Å². The summed E-state index contributed by atoms with van der Waals surface area (Å²) in [7, 11) is 0. The second kappa shape index (κ2) is 5.69. The Bertz CT molecular complexity index is 480. The zero-order valence-corrected chi connectivity index (χ0v) is 12.4. The first-order chi connectivity index (χ1) is 9.63. The van der Waals surface area contributed by atoms with Gasteiger partial charge in [0.25, 0.3) is 0 Å². The van der Waals surface area contributed by atoms with Crippen LogP contribution in [-0.2, 0) is 0 Å². The van der Waals surface area contributed by atoms with Gasteiger partial charge in [0.15, 0.2) is 0 Å². The van der Waals surface area contributed by atoms with E-state index in [4.69, 9.17) is 11.6 Å². The highest BCUT2D eigenvalue weighted by Crippen LogP contribution is 2.24. The first kappa shape index (κ1) is 13.8. The number of halogens is 1. The number of anilines is 2. The lowest BCUT2D eigenvalue weighted by atomic mass is 9.97. The van der Waals surface area contributed by atoms with E-state index in [1.807, 2.05) is 6.92 Å². The number of nitrogens with zero attached hydrogens (tertiary/aromatic N) is 5. The molecule has 20 heavy (non-hydrogen) atoms. The van der Waals surface area contributed by atoms with Crippen molar-refractivity contribution < 1.29 is 5.11 Å². The van der Waals surface area contributed by atoms with Gasteiger partial charge >= 0.3 is 0 Å². The minimum Gasteiger partial charge on any atom is -0.393 e. The van der Waals surface area contributed by atoms with Gasteiger partial charge in [-0.15, -0.1) is 0 Å². The van der Waals surface area contributed by atoms with Crippen LogP contribution in [0.5, 0.6) is 0 Å². The molecule has 0 bridgehead atoms.